The van der Waals surface area contributed by atoms with Gasteiger partial charge in [-0.1, -0.05) is 13.3 Å². The van der Waals surface area contributed by atoms with Crippen molar-refractivity contribution in [2.45, 2.75) is 38.6 Å². The van der Waals surface area contributed by atoms with E-state index >= 15 is 0 Å². The van der Waals surface area contributed by atoms with Crippen molar-refractivity contribution in [3.63, 3.8) is 0 Å². The number of nitrogens with two attached hydrogens (primary N) is 1. The number of nitrogens with zero attached hydrogens (tertiary/aromatic N) is 1. The number of benzene rings is 1. The van der Waals surface area contributed by atoms with Crippen molar-refractivity contribution >= 4 is 22.8 Å². The Morgan fingerprint density at radius 3 is 2.88 bits per heavy atom. The van der Waals surface area contributed by atoms with Crippen LogP contribution in [0.15, 0.2) is 33.5 Å². The quantitative estimate of drug-likeness (QED) is 0.790. The van der Waals surface area contributed by atoms with Crippen LogP contribution in [0.5, 0.6) is 5.75 Å². The van der Waals surface area contributed by atoms with Gasteiger partial charge in [0.05, 0.1) is 0 Å². The third kappa shape index (κ3) is 3.71. The molecule has 1 atom stereocenters. The van der Waals surface area contributed by atoms with E-state index in [-0.39, 0.29) is 12.5 Å². The van der Waals surface area contributed by atoms with E-state index in [9.17, 15) is 14.4 Å². The summed E-state index contributed by atoms with van der Waals surface area (Å²) in [5.74, 6) is -0.350. The Bertz CT molecular complexity index is 889. The van der Waals surface area contributed by atoms with Gasteiger partial charge in [-0.3, -0.25) is 9.59 Å². The summed E-state index contributed by atoms with van der Waals surface area (Å²) >= 11 is 0. The monoisotopic (exact) mass is 358 g/mol. The van der Waals surface area contributed by atoms with E-state index in [0.717, 1.165) is 30.2 Å². The van der Waals surface area contributed by atoms with Crippen molar-refractivity contribution in [1.82, 2.24) is 4.90 Å². The second-order valence-corrected chi connectivity index (χ2v) is 6.43. The van der Waals surface area contributed by atoms with Gasteiger partial charge in [-0.25, -0.2) is 4.79 Å². The zero-order valence-electron chi connectivity index (χ0n) is 14.7. The van der Waals surface area contributed by atoms with Gasteiger partial charge < -0.3 is 19.8 Å². The van der Waals surface area contributed by atoms with Crippen LogP contribution in [0.1, 0.15) is 31.7 Å². The lowest BCUT2D eigenvalue weighted by Gasteiger charge is -2.22. The Kier molecular flexibility index (Phi) is 5.25. The van der Waals surface area contributed by atoms with Gasteiger partial charge in [0, 0.05) is 24.1 Å². The van der Waals surface area contributed by atoms with Crippen LogP contribution in [-0.2, 0) is 16.0 Å². The number of primary amides is 1. The Morgan fingerprint density at radius 2 is 2.15 bits per heavy atom. The van der Waals surface area contributed by atoms with Crippen molar-refractivity contribution in [1.29, 1.82) is 0 Å². The van der Waals surface area contributed by atoms with Gasteiger partial charge >= 0.3 is 5.63 Å². The van der Waals surface area contributed by atoms with E-state index in [1.165, 1.54) is 11.0 Å². The third-order valence-electron chi connectivity index (χ3n) is 4.58. The maximum absolute atomic E-state index is 12.3. The molecule has 1 fully saturated rings. The van der Waals surface area contributed by atoms with Gasteiger partial charge in [-0.15, -0.1) is 0 Å². The number of amides is 2. The van der Waals surface area contributed by atoms with E-state index < -0.39 is 17.6 Å². The zero-order valence-corrected chi connectivity index (χ0v) is 14.7. The van der Waals surface area contributed by atoms with E-state index in [0.29, 0.717) is 24.3 Å². The summed E-state index contributed by atoms with van der Waals surface area (Å²) in [5.41, 5.74) is 6.29. The number of fused-ring (bicyclic) bond motifs is 1. The number of rotatable bonds is 6. The molecule has 0 radical (unpaired) electrons. The first-order valence-electron chi connectivity index (χ1n) is 8.78. The fourth-order valence-electron chi connectivity index (χ4n) is 3.37. The summed E-state index contributed by atoms with van der Waals surface area (Å²) in [6, 6.07) is 6.12. The predicted molar refractivity (Wildman–Crippen MR) is 95.9 cm³/mol. The Morgan fingerprint density at radius 1 is 1.35 bits per heavy atom. The topological polar surface area (TPSA) is 103 Å². The lowest BCUT2D eigenvalue weighted by molar-refractivity contribution is -0.138. The number of carbonyl (C=O) groups excluding carboxylic acids is 2. The second-order valence-electron chi connectivity index (χ2n) is 6.43. The molecule has 26 heavy (non-hydrogen) atoms. The average molecular weight is 358 g/mol. The van der Waals surface area contributed by atoms with E-state index in [2.05, 4.69) is 0 Å². The predicted octanol–water partition coefficient (Wildman–Crippen LogP) is 1.60. The third-order valence-corrected chi connectivity index (χ3v) is 4.58. The molecule has 0 saturated carbocycles. The molecule has 7 heteroatoms. The van der Waals surface area contributed by atoms with Crippen molar-refractivity contribution in [3.05, 3.63) is 40.2 Å². The maximum Gasteiger partial charge on any atom is 0.336 e. The molecule has 7 nitrogen and oxygen atoms in total. The number of hydrogen-bond donors (Lipinski definition) is 1. The molecule has 138 valence electrons. The Hall–Kier alpha value is -2.83. The zero-order chi connectivity index (χ0) is 18.7. The van der Waals surface area contributed by atoms with Crippen molar-refractivity contribution in [2.75, 3.05) is 13.2 Å². The molecule has 1 aliphatic rings. The molecule has 1 aromatic heterocycles. The maximum atomic E-state index is 12.3. The molecule has 0 bridgehead atoms. The molecule has 2 heterocycles. The molecule has 0 aliphatic carbocycles. The molecular formula is C19H22N2O5. The van der Waals surface area contributed by atoms with Crippen molar-refractivity contribution in [2.24, 2.45) is 5.73 Å². The molecule has 1 aromatic carbocycles. The highest BCUT2D eigenvalue weighted by Crippen LogP contribution is 2.24. The Labute approximate surface area is 150 Å². The van der Waals surface area contributed by atoms with Crippen LogP contribution in [0.4, 0.5) is 0 Å². The number of likely N-dealkylation sites (tertiary alicyclic amines) is 1. The van der Waals surface area contributed by atoms with Crippen LogP contribution >= 0.6 is 0 Å². The normalized spacial score (nSPS) is 16.8. The van der Waals surface area contributed by atoms with Gasteiger partial charge in [0.15, 0.2) is 6.61 Å². The molecule has 0 spiro atoms. The minimum atomic E-state index is -0.558. The molecular weight excluding hydrogens is 336 g/mol. The lowest BCUT2D eigenvalue weighted by Crippen LogP contribution is -2.45. The van der Waals surface area contributed by atoms with Crippen LogP contribution in [-0.4, -0.2) is 35.9 Å². The van der Waals surface area contributed by atoms with Crippen LogP contribution in [0, 0.1) is 0 Å². The number of aryl methyl sites for hydroxylation is 1. The molecule has 2 N–H and O–H groups in total. The average Bonchev–Trinajstić information content (AvgIpc) is 3.09. The minimum Gasteiger partial charge on any atom is -0.484 e. The fourth-order valence-corrected chi connectivity index (χ4v) is 3.37. The largest absolute Gasteiger partial charge is 0.484 e. The number of ether oxygens (including phenoxy) is 1. The van der Waals surface area contributed by atoms with Gasteiger partial charge in [-0.05, 0) is 37.0 Å². The van der Waals surface area contributed by atoms with Gasteiger partial charge in [0.25, 0.3) is 5.91 Å². The highest BCUT2D eigenvalue weighted by atomic mass is 16.5. The number of hydrogen-bond acceptors (Lipinski definition) is 5. The van der Waals surface area contributed by atoms with E-state index in [1.54, 1.807) is 12.1 Å². The van der Waals surface area contributed by atoms with E-state index in [4.69, 9.17) is 14.9 Å². The summed E-state index contributed by atoms with van der Waals surface area (Å²) in [5, 5.41) is 0.860. The van der Waals surface area contributed by atoms with Gasteiger partial charge in [0.2, 0.25) is 5.91 Å². The molecule has 1 saturated heterocycles. The van der Waals surface area contributed by atoms with Gasteiger partial charge in [-0.2, -0.15) is 0 Å². The van der Waals surface area contributed by atoms with Crippen LogP contribution < -0.4 is 16.1 Å². The first kappa shape index (κ1) is 18.0. The van der Waals surface area contributed by atoms with Crippen LogP contribution in [0.2, 0.25) is 0 Å². The van der Waals surface area contributed by atoms with Crippen LogP contribution in [0.3, 0.4) is 0 Å². The first-order valence-corrected chi connectivity index (χ1v) is 8.78. The van der Waals surface area contributed by atoms with Crippen molar-refractivity contribution in [3.8, 4) is 5.75 Å². The standard InChI is InChI=1S/C19H22N2O5/c1-2-4-12-9-18(23)26-16-10-13(6-7-14(12)16)25-11-17(22)21-8-3-5-15(21)19(20)24/h6-7,9-10,15H,2-5,8,11H2,1H3,(H2,20,24). The lowest BCUT2D eigenvalue weighted by atomic mass is 10.1. The summed E-state index contributed by atoms with van der Waals surface area (Å²) < 4.78 is 10.8. The fraction of sp³-hybridized carbons (Fsp3) is 0.421. The first-order chi connectivity index (χ1) is 12.5. The summed E-state index contributed by atoms with van der Waals surface area (Å²) in [7, 11) is 0. The Balaban J connectivity index is 1.74. The molecule has 1 aliphatic heterocycles. The SMILES string of the molecule is CCCc1cc(=O)oc2cc(OCC(=O)N3CCCC3C(N)=O)ccc12. The van der Waals surface area contributed by atoms with Crippen molar-refractivity contribution < 1.29 is 18.7 Å². The van der Waals surface area contributed by atoms with Gasteiger partial charge in [0.1, 0.15) is 17.4 Å². The highest BCUT2D eigenvalue weighted by Gasteiger charge is 2.32. The molecule has 3 rings (SSSR count). The summed E-state index contributed by atoms with van der Waals surface area (Å²) in [4.78, 5) is 36.9. The van der Waals surface area contributed by atoms with Crippen LogP contribution in [0.25, 0.3) is 11.0 Å². The molecule has 1 unspecified atom stereocenters. The smallest absolute Gasteiger partial charge is 0.336 e. The highest BCUT2D eigenvalue weighted by molar-refractivity contribution is 5.88. The number of carbonyl (C=O) groups is 2. The summed E-state index contributed by atoms with van der Waals surface area (Å²) in [6.07, 6.45) is 3.04. The van der Waals surface area contributed by atoms with E-state index in [1.807, 2.05) is 13.0 Å². The molecule has 2 amide bonds. The minimum absolute atomic E-state index is 0.200. The second kappa shape index (κ2) is 7.59. The summed E-state index contributed by atoms with van der Waals surface area (Å²) in [6.45, 7) is 2.35. The molecule has 2 aromatic rings.